The third kappa shape index (κ3) is 3.33. The third-order valence-corrected chi connectivity index (χ3v) is 4.44. The molecule has 8 nitrogen and oxygen atoms in total. The van der Waals surface area contributed by atoms with Gasteiger partial charge in [0.1, 0.15) is 5.82 Å². The number of rotatable bonds is 3. The summed E-state index contributed by atoms with van der Waals surface area (Å²) < 4.78 is 0. The van der Waals surface area contributed by atoms with Gasteiger partial charge in [0.25, 0.3) is 5.91 Å². The van der Waals surface area contributed by atoms with Crippen LogP contribution in [0.3, 0.4) is 0 Å². The number of nitrogens with zero attached hydrogens (tertiary/aromatic N) is 4. The van der Waals surface area contributed by atoms with Crippen LogP contribution in [-0.4, -0.2) is 57.2 Å². The summed E-state index contributed by atoms with van der Waals surface area (Å²) in [6.45, 7) is 4.73. The molecule has 134 valence electrons. The molecule has 2 aromatic heterocycles. The summed E-state index contributed by atoms with van der Waals surface area (Å²) in [4.78, 5) is 23.5. The fraction of sp³-hybridized carbons (Fsp3) is 0.294. The molecule has 3 aromatic rings. The maximum Gasteiger partial charge on any atom is 0.291 e. The van der Waals surface area contributed by atoms with Gasteiger partial charge in [0.05, 0.1) is 5.52 Å². The van der Waals surface area contributed by atoms with Crippen LogP contribution in [0.25, 0.3) is 10.9 Å². The maximum atomic E-state index is 12.8. The lowest BCUT2D eigenvalue weighted by Gasteiger charge is -2.26. The number of aromatic nitrogens is 4. The highest BCUT2D eigenvalue weighted by Gasteiger charge is 2.22. The summed E-state index contributed by atoms with van der Waals surface area (Å²) in [5.41, 5.74) is 1.57. The van der Waals surface area contributed by atoms with E-state index in [0.29, 0.717) is 35.3 Å². The van der Waals surface area contributed by atoms with E-state index in [1.807, 2.05) is 13.0 Å². The molecule has 0 saturated carbocycles. The first-order valence-electron chi connectivity index (χ1n) is 8.36. The van der Waals surface area contributed by atoms with E-state index in [4.69, 9.17) is 11.6 Å². The molecule has 0 radical (unpaired) electrons. The van der Waals surface area contributed by atoms with Gasteiger partial charge < -0.3 is 15.5 Å². The maximum absolute atomic E-state index is 12.8. The number of aromatic amines is 1. The molecule has 0 bridgehead atoms. The normalized spacial score (nSPS) is 14.6. The summed E-state index contributed by atoms with van der Waals surface area (Å²) in [6, 6.07) is 7.17. The van der Waals surface area contributed by atoms with Gasteiger partial charge in [-0.15, -0.1) is 0 Å². The molecule has 0 unspecified atom stereocenters. The highest BCUT2D eigenvalue weighted by Crippen LogP contribution is 2.26. The lowest BCUT2D eigenvalue weighted by Crippen LogP contribution is -2.46. The van der Waals surface area contributed by atoms with Crippen molar-refractivity contribution in [2.45, 2.75) is 6.92 Å². The van der Waals surface area contributed by atoms with Crippen LogP contribution in [0.4, 0.5) is 11.6 Å². The predicted molar refractivity (Wildman–Crippen MR) is 99.9 cm³/mol. The van der Waals surface area contributed by atoms with Crippen molar-refractivity contribution in [2.75, 3.05) is 31.5 Å². The second kappa shape index (κ2) is 6.89. The van der Waals surface area contributed by atoms with Crippen molar-refractivity contribution >= 4 is 40.0 Å². The van der Waals surface area contributed by atoms with Crippen molar-refractivity contribution in [3.05, 3.63) is 40.8 Å². The number of aryl methyl sites for hydroxylation is 1. The standard InChI is InChI=1S/C17H18ClN7O/c1-10-8-14(24-23-10)21-15-12-9-11(18)2-3-13(12)20-16(22-15)17(26)25-6-4-19-5-7-25/h2-3,8-9,19H,4-7H2,1H3,(H2,20,21,22,23,24). The largest absolute Gasteiger partial charge is 0.333 e. The van der Waals surface area contributed by atoms with E-state index in [0.717, 1.165) is 24.2 Å². The minimum absolute atomic E-state index is 0.163. The number of nitrogens with one attached hydrogen (secondary N) is 3. The minimum Gasteiger partial charge on any atom is -0.333 e. The fourth-order valence-electron chi connectivity index (χ4n) is 2.90. The molecular weight excluding hydrogens is 354 g/mol. The van der Waals surface area contributed by atoms with Crippen LogP contribution in [-0.2, 0) is 0 Å². The highest BCUT2D eigenvalue weighted by atomic mass is 35.5. The molecule has 0 spiro atoms. The number of amides is 1. The molecule has 1 aliphatic rings. The number of fused-ring (bicyclic) bond motifs is 1. The summed E-state index contributed by atoms with van der Waals surface area (Å²) in [6.07, 6.45) is 0. The Morgan fingerprint density at radius 2 is 2.04 bits per heavy atom. The zero-order chi connectivity index (χ0) is 18.1. The first-order valence-corrected chi connectivity index (χ1v) is 8.74. The summed E-state index contributed by atoms with van der Waals surface area (Å²) in [5.74, 6) is 1.10. The molecular formula is C17H18ClN7O. The average molecular weight is 372 g/mol. The molecule has 1 saturated heterocycles. The van der Waals surface area contributed by atoms with Gasteiger partial charge in [0.2, 0.25) is 5.82 Å². The Labute approximate surface area is 155 Å². The molecule has 3 heterocycles. The molecule has 1 aliphatic heterocycles. The van der Waals surface area contributed by atoms with Gasteiger partial charge in [-0.2, -0.15) is 5.10 Å². The monoisotopic (exact) mass is 371 g/mol. The minimum atomic E-state index is -0.176. The van der Waals surface area contributed by atoms with E-state index in [9.17, 15) is 4.79 Å². The number of carbonyl (C=O) groups is 1. The van der Waals surface area contributed by atoms with Crippen molar-refractivity contribution in [1.29, 1.82) is 0 Å². The predicted octanol–water partition coefficient (Wildman–Crippen LogP) is 2.10. The summed E-state index contributed by atoms with van der Waals surface area (Å²) in [7, 11) is 0. The molecule has 4 rings (SSSR count). The molecule has 26 heavy (non-hydrogen) atoms. The second-order valence-corrected chi connectivity index (χ2v) is 6.60. The Hall–Kier alpha value is -2.71. The molecule has 0 atom stereocenters. The lowest BCUT2D eigenvalue weighted by molar-refractivity contribution is 0.0724. The van der Waals surface area contributed by atoms with Gasteiger partial charge in [0.15, 0.2) is 5.82 Å². The molecule has 1 amide bonds. The van der Waals surface area contributed by atoms with Crippen molar-refractivity contribution in [3.8, 4) is 0 Å². The quantitative estimate of drug-likeness (QED) is 0.652. The van der Waals surface area contributed by atoms with Crippen LogP contribution in [0.2, 0.25) is 5.02 Å². The first-order chi connectivity index (χ1) is 12.6. The zero-order valence-corrected chi connectivity index (χ0v) is 15.0. The smallest absolute Gasteiger partial charge is 0.291 e. The van der Waals surface area contributed by atoms with Crippen LogP contribution in [0, 0.1) is 6.92 Å². The van der Waals surface area contributed by atoms with Gasteiger partial charge in [-0.1, -0.05) is 11.6 Å². The molecule has 1 fully saturated rings. The number of anilines is 2. The van der Waals surface area contributed by atoms with E-state index in [1.54, 1.807) is 23.1 Å². The second-order valence-electron chi connectivity index (χ2n) is 6.16. The van der Waals surface area contributed by atoms with Gasteiger partial charge >= 0.3 is 0 Å². The molecule has 9 heteroatoms. The van der Waals surface area contributed by atoms with Gasteiger partial charge in [-0.3, -0.25) is 9.89 Å². The topological polar surface area (TPSA) is 98.8 Å². The van der Waals surface area contributed by atoms with Crippen LogP contribution < -0.4 is 10.6 Å². The Balaban J connectivity index is 1.76. The van der Waals surface area contributed by atoms with Crippen LogP contribution in [0.1, 0.15) is 16.3 Å². The van der Waals surface area contributed by atoms with E-state index < -0.39 is 0 Å². The number of hydrogen-bond acceptors (Lipinski definition) is 6. The summed E-state index contributed by atoms with van der Waals surface area (Å²) in [5, 5.41) is 14.7. The molecule has 0 aliphatic carbocycles. The van der Waals surface area contributed by atoms with Gasteiger partial charge in [-0.25, -0.2) is 9.97 Å². The van der Waals surface area contributed by atoms with E-state index in [2.05, 4.69) is 30.8 Å². The van der Waals surface area contributed by atoms with Crippen molar-refractivity contribution in [2.24, 2.45) is 0 Å². The Morgan fingerprint density at radius 1 is 1.23 bits per heavy atom. The number of H-pyrrole nitrogens is 1. The van der Waals surface area contributed by atoms with Gasteiger partial charge in [0, 0.05) is 48.3 Å². The fourth-order valence-corrected chi connectivity index (χ4v) is 3.08. The zero-order valence-electron chi connectivity index (χ0n) is 14.2. The van der Waals surface area contributed by atoms with Crippen molar-refractivity contribution < 1.29 is 4.79 Å². The van der Waals surface area contributed by atoms with Crippen LogP contribution in [0.5, 0.6) is 0 Å². The Kier molecular flexibility index (Phi) is 4.44. The highest BCUT2D eigenvalue weighted by molar-refractivity contribution is 6.31. The Bertz CT molecular complexity index is 965. The lowest BCUT2D eigenvalue weighted by atomic mass is 10.2. The average Bonchev–Trinajstić information content (AvgIpc) is 3.07. The number of hydrogen-bond donors (Lipinski definition) is 3. The SMILES string of the molecule is Cc1cc(Nc2nc(C(=O)N3CCNCC3)nc3ccc(Cl)cc23)n[nH]1. The van der Waals surface area contributed by atoms with E-state index in [1.165, 1.54) is 0 Å². The summed E-state index contributed by atoms with van der Waals surface area (Å²) >= 11 is 6.13. The van der Waals surface area contributed by atoms with Crippen LogP contribution in [0.15, 0.2) is 24.3 Å². The number of benzene rings is 1. The third-order valence-electron chi connectivity index (χ3n) is 4.21. The van der Waals surface area contributed by atoms with Crippen molar-refractivity contribution in [1.82, 2.24) is 30.4 Å². The Morgan fingerprint density at radius 3 is 2.77 bits per heavy atom. The number of carbonyl (C=O) groups excluding carboxylic acids is 1. The van der Waals surface area contributed by atoms with E-state index in [-0.39, 0.29) is 11.7 Å². The number of piperazine rings is 1. The van der Waals surface area contributed by atoms with E-state index >= 15 is 0 Å². The van der Waals surface area contributed by atoms with Gasteiger partial charge in [-0.05, 0) is 25.1 Å². The molecule has 1 aromatic carbocycles. The van der Waals surface area contributed by atoms with Crippen LogP contribution >= 0.6 is 11.6 Å². The first kappa shape index (κ1) is 16.7. The van der Waals surface area contributed by atoms with Crippen molar-refractivity contribution in [3.63, 3.8) is 0 Å². The number of halogens is 1. The molecule has 3 N–H and O–H groups in total.